The highest BCUT2D eigenvalue weighted by molar-refractivity contribution is 7.09. The molecule has 0 spiro atoms. The lowest BCUT2D eigenvalue weighted by Crippen LogP contribution is -2.38. The fourth-order valence-corrected chi connectivity index (χ4v) is 3.76. The normalized spacial score (nSPS) is 18.2. The third kappa shape index (κ3) is 3.43. The van der Waals surface area contributed by atoms with Crippen molar-refractivity contribution in [1.29, 1.82) is 0 Å². The number of methoxy groups -OCH3 is 1. The zero-order valence-electron chi connectivity index (χ0n) is 13.0. The van der Waals surface area contributed by atoms with E-state index in [1.807, 2.05) is 10.3 Å². The van der Waals surface area contributed by atoms with Gasteiger partial charge in [0.15, 0.2) is 0 Å². The lowest BCUT2D eigenvalue weighted by Gasteiger charge is -2.34. The van der Waals surface area contributed by atoms with Crippen LogP contribution in [0.5, 0.6) is 0 Å². The topological polar surface area (TPSA) is 42.4 Å². The van der Waals surface area contributed by atoms with Gasteiger partial charge in [-0.3, -0.25) is 4.79 Å². The maximum Gasteiger partial charge on any atom is 0.254 e. The molecule has 2 heterocycles. The van der Waals surface area contributed by atoms with Gasteiger partial charge < -0.3 is 9.64 Å². The van der Waals surface area contributed by atoms with Crippen LogP contribution in [0.1, 0.15) is 46.2 Å². The summed E-state index contributed by atoms with van der Waals surface area (Å²) in [5, 5.41) is 2.90. The van der Waals surface area contributed by atoms with Crippen molar-refractivity contribution in [3.8, 4) is 0 Å². The van der Waals surface area contributed by atoms with E-state index in [2.05, 4.69) is 4.98 Å². The smallest absolute Gasteiger partial charge is 0.254 e. The van der Waals surface area contributed by atoms with Gasteiger partial charge in [-0.1, -0.05) is 0 Å². The largest absolute Gasteiger partial charge is 0.380 e. The summed E-state index contributed by atoms with van der Waals surface area (Å²) < 4.78 is 18.7. The molecular weight excluding hydrogens is 315 g/mol. The van der Waals surface area contributed by atoms with Crippen molar-refractivity contribution in [2.75, 3.05) is 13.7 Å². The average molecular weight is 334 g/mol. The second kappa shape index (κ2) is 7.19. The highest BCUT2D eigenvalue weighted by Crippen LogP contribution is 2.33. The molecule has 0 N–H and O–H groups in total. The van der Waals surface area contributed by atoms with Crippen molar-refractivity contribution in [3.63, 3.8) is 0 Å². The van der Waals surface area contributed by atoms with Crippen LogP contribution in [0.2, 0.25) is 0 Å². The number of rotatable bonds is 4. The summed E-state index contributed by atoms with van der Waals surface area (Å²) in [6.07, 6.45) is 4.77. The number of piperidine rings is 1. The molecule has 4 nitrogen and oxygen atoms in total. The van der Waals surface area contributed by atoms with Gasteiger partial charge in [0.25, 0.3) is 5.91 Å². The zero-order valence-corrected chi connectivity index (χ0v) is 13.8. The second-order valence-electron chi connectivity index (χ2n) is 5.62. The summed E-state index contributed by atoms with van der Waals surface area (Å²) >= 11 is 1.57. The molecular formula is C17H19FN2O2S. The Balaban J connectivity index is 1.87. The number of benzene rings is 1. The minimum atomic E-state index is -0.349. The first-order chi connectivity index (χ1) is 11.2. The van der Waals surface area contributed by atoms with Crippen LogP contribution in [0, 0.1) is 5.82 Å². The molecule has 1 atom stereocenters. The van der Waals surface area contributed by atoms with Crippen molar-refractivity contribution in [2.24, 2.45) is 0 Å². The van der Waals surface area contributed by atoms with Gasteiger partial charge in [0.1, 0.15) is 10.8 Å². The number of ether oxygens (including phenoxy) is 1. The van der Waals surface area contributed by atoms with Gasteiger partial charge in [-0.15, -0.1) is 11.3 Å². The highest BCUT2D eigenvalue weighted by Gasteiger charge is 2.30. The molecule has 1 aliphatic heterocycles. The second-order valence-corrected chi connectivity index (χ2v) is 6.55. The number of carbonyl (C=O) groups excluding carboxylic acids is 1. The molecule has 1 saturated heterocycles. The first-order valence-corrected chi connectivity index (χ1v) is 8.56. The summed E-state index contributed by atoms with van der Waals surface area (Å²) in [6.45, 7) is 0.864. The Morgan fingerprint density at radius 3 is 3.09 bits per heavy atom. The van der Waals surface area contributed by atoms with Gasteiger partial charge in [-0.2, -0.15) is 0 Å². The predicted molar refractivity (Wildman–Crippen MR) is 86.9 cm³/mol. The molecule has 122 valence electrons. The first kappa shape index (κ1) is 16.1. The summed E-state index contributed by atoms with van der Waals surface area (Å²) in [5.74, 6) is -0.416. The summed E-state index contributed by atoms with van der Waals surface area (Å²) in [5.41, 5.74) is 0.906. The van der Waals surface area contributed by atoms with Crippen LogP contribution < -0.4 is 0 Å². The van der Waals surface area contributed by atoms with E-state index in [-0.39, 0.29) is 24.4 Å². The number of carbonyl (C=O) groups is 1. The van der Waals surface area contributed by atoms with Gasteiger partial charge in [0, 0.05) is 36.4 Å². The van der Waals surface area contributed by atoms with E-state index in [4.69, 9.17) is 4.74 Å². The number of amides is 1. The number of halogens is 1. The minimum Gasteiger partial charge on any atom is -0.380 e. The third-order valence-corrected chi connectivity index (χ3v) is 4.97. The van der Waals surface area contributed by atoms with Crippen LogP contribution in [-0.4, -0.2) is 29.4 Å². The summed E-state index contributed by atoms with van der Waals surface area (Å²) in [4.78, 5) is 19.2. The zero-order chi connectivity index (χ0) is 16.2. The molecule has 1 fully saturated rings. The van der Waals surface area contributed by atoms with Crippen LogP contribution in [0.25, 0.3) is 0 Å². The molecule has 0 bridgehead atoms. The standard InChI is InChI=1S/C17H19FN2O2S/c1-22-11-13-10-12(5-6-14(13)18)17(21)20-8-3-2-4-15(20)16-19-7-9-23-16/h5-7,9-10,15H,2-4,8,11H2,1H3/t15-/m1/s1. The fraction of sp³-hybridized carbons (Fsp3) is 0.412. The Hall–Kier alpha value is -1.79. The van der Waals surface area contributed by atoms with E-state index in [1.165, 1.54) is 13.2 Å². The van der Waals surface area contributed by atoms with Gasteiger partial charge in [0.05, 0.1) is 12.6 Å². The summed E-state index contributed by atoms with van der Waals surface area (Å²) in [6, 6.07) is 4.50. The minimum absolute atomic E-state index is 0.0205. The van der Waals surface area contributed by atoms with E-state index >= 15 is 0 Å². The van der Waals surface area contributed by atoms with Crippen molar-refractivity contribution in [1.82, 2.24) is 9.88 Å². The van der Waals surface area contributed by atoms with Crippen LogP contribution in [0.4, 0.5) is 4.39 Å². The number of likely N-dealkylation sites (tertiary alicyclic amines) is 1. The van der Waals surface area contributed by atoms with Crippen LogP contribution in [-0.2, 0) is 11.3 Å². The number of nitrogens with zero attached hydrogens (tertiary/aromatic N) is 2. The molecule has 1 aromatic carbocycles. The molecule has 0 aliphatic carbocycles. The van der Waals surface area contributed by atoms with E-state index in [1.54, 1.807) is 29.7 Å². The van der Waals surface area contributed by atoms with E-state index < -0.39 is 0 Å². The van der Waals surface area contributed by atoms with Crippen molar-refractivity contribution >= 4 is 17.2 Å². The third-order valence-electron chi connectivity index (χ3n) is 4.09. The Labute approximate surface area is 138 Å². The van der Waals surface area contributed by atoms with E-state index in [0.29, 0.717) is 17.7 Å². The van der Waals surface area contributed by atoms with Crippen LogP contribution in [0.3, 0.4) is 0 Å². The highest BCUT2D eigenvalue weighted by atomic mass is 32.1. The molecule has 1 aliphatic rings. The monoisotopic (exact) mass is 334 g/mol. The van der Waals surface area contributed by atoms with E-state index in [0.717, 1.165) is 24.3 Å². The lowest BCUT2D eigenvalue weighted by molar-refractivity contribution is 0.0611. The quantitative estimate of drug-likeness (QED) is 0.854. The van der Waals surface area contributed by atoms with Gasteiger partial charge in [0.2, 0.25) is 0 Å². The number of hydrogen-bond acceptors (Lipinski definition) is 4. The van der Waals surface area contributed by atoms with Crippen LogP contribution >= 0.6 is 11.3 Å². The van der Waals surface area contributed by atoms with Crippen LogP contribution in [0.15, 0.2) is 29.8 Å². The Morgan fingerprint density at radius 2 is 2.35 bits per heavy atom. The maximum absolute atomic E-state index is 13.7. The van der Waals surface area contributed by atoms with Crippen molar-refractivity contribution in [2.45, 2.75) is 31.9 Å². The first-order valence-electron chi connectivity index (χ1n) is 7.68. The molecule has 6 heteroatoms. The molecule has 0 unspecified atom stereocenters. The maximum atomic E-state index is 13.7. The predicted octanol–water partition coefficient (Wildman–Crippen LogP) is 3.80. The SMILES string of the molecule is COCc1cc(C(=O)N2CCCC[C@@H]2c2nccs2)ccc1F. The number of thiazole rings is 1. The Morgan fingerprint density at radius 1 is 1.48 bits per heavy atom. The Kier molecular flexibility index (Phi) is 5.03. The molecule has 23 heavy (non-hydrogen) atoms. The molecule has 0 radical (unpaired) electrons. The molecule has 1 amide bonds. The van der Waals surface area contributed by atoms with Gasteiger partial charge in [-0.05, 0) is 37.5 Å². The Bertz CT molecular complexity index is 675. The molecule has 2 aromatic rings. The summed E-state index contributed by atoms with van der Waals surface area (Å²) in [7, 11) is 1.51. The molecule has 3 rings (SSSR count). The average Bonchev–Trinajstić information content (AvgIpc) is 3.11. The number of hydrogen-bond donors (Lipinski definition) is 0. The van der Waals surface area contributed by atoms with Gasteiger partial charge in [-0.25, -0.2) is 9.37 Å². The molecule has 1 aromatic heterocycles. The van der Waals surface area contributed by atoms with Gasteiger partial charge >= 0.3 is 0 Å². The fourth-order valence-electron chi connectivity index (χ4n) is 2.97. The molecule has 0 saturated carbocycles. The lowest BCUT2D eigenvalue weighted by atomic mass is 10.0. The van der Waals surface area contributed by atoms with Crippen molar-refractivity contribution in [3.05, 3.63) is 51.7 Å². The van der Waals surface area contributed by atoms with Crippen molar-refractivity contribution < 1.29 is 13.9 Å². The van der Waals surface area contributed by atoms with E-state index in [9.17, 15) is 9.18 Å². The number of aromatic nitrogens is 1.